The molecule has 0 radical (unpaired) electrons. The number of aromatic nitrogens is 1. The number of nitrogens with two attached hydrogens (primary N) is 1. The molecule has 17 heavy (non-hydrogen) atoms. The van der Waals surface area contributed by atoms with Gasteiger partial charge in [0.15, 0.2) is 0 Å². The zero-order chi connectivity index (χ0) is 12.4. The van der Waals surface area contributed by atoms with E-state index in [0.717, 1.165) is 19.4 Å². The SMILES string of the molecule is NC(=O)c1cnc(Cl)cc1N1CCC[C@H](O)C1. The Balaban J connectivity index is 2.35. The molecule has 0 bridgehead atoms. The highest BCUT2D eigenvalue weighted by Crippen LogP contribution is 2.25. The van der Waals surface area contributed by atoms with E-state index in [1.54, 1.807) is 6.07 Å². The highest BCUT2D eigenvalue weighted by Gasteiger charge is 2.22. The number of amides is 1. The van der Waals surface area contributed by atoms with Crippen LogP contribution in [0.3, 0.4) is 0 Å². The van der Waals surface area contributed by atoms with Crippen molar-refractivity contribution in [2.75, 3.05) is 18.0 Å². The van der Waals surface area contributed by atoms with E-state index in [1.807, 2.05) is 4.90 Å². The summed E-state index contributed by atoms with van der Waals surface area (Å²) in [5.41, 5.74) is 6.28. The molecular weight excluding hydrogens is 242 g/mol. The molecule has 1 aromatic rings. The van der Waals surface area contributed by atoms with Crippen molar-refractivity contribution in [3.8, 4) is 0 Å². The predicted octanol–water partition coefficient (Wildman–Crippen LogP) is 0.795. The van der Waals surface area contributed by atoms with Crippen LogP contribution in [-0.4, -0.2) is 35.2 Å². The molecule has 0 aliphatic carbocycles. The monoisotopic (exact) mass is 255 g/mol. The summed E-state index contributed by atoms with van der Waals surface area (Å²) in [5, 5.41) is 9.94. The third-order valence-electron chi connectivity index (χ3n) is 2.85. The fourth-order valence-electron chi connectivity index (χ4n) is 2.05. The second-order valence-corrected chi connectivity index (χ2v) is 4.52. The van der Waals surface area contributed by atoms with Gasteiger partial charge in [-0.15, -0.1) is 0 Å². The van der Waals surface area contributed by atoms with E-state index in [2.05, 4.69) is 4.98 Å². The van der Waals surface area contributed by atoms with Crippen molar-refractivity contribution in [1.82, 2.24) is 4.98 Å². The van der Waals surface area contributed by atoms with Crippen molar-refractivity contribution < 1.29 is 9.90 Å². The van der Waals surface area contributed by atoms with E-state index in [1.165, 1.54) is 6.20 Å². The lowest BCUT2D eigenvalue weighted by atomic mass is 10.1. The maximum atomic E-state index is 11.3. The molecule has 92 valence electrons. The first-order chi connectivity index (χ1) is 8.08. The normalized spacial score (nSPS) is 20.4. The van der Waals surface area contributed by atoms with Gasteiger partial charge in [-0.3, -0.25) is 4.79 Å². The molecular formula is C11H14ClN3O2. The second kappa shape index (κ2) is 4.89. The van der Waals surface area contributed by atoms with Gasteiger partial charge < -0.3 is 15.7 Å². The summed E-state index contributed by atoms with van der Waals surface area (Å²) in [7, 11) is 0. The van der Waals surface area contributed by atoms with E-state index in [4.69, 9.17) is 17.3 Å². The second-order valence-electron chi connectivity index (χ2n) is 4.13. The minimum Gasteiger partial charge on any atom is -0.391 e. The highest BCUT2D eigenvalue weighted by molar-refractivity contribution is 6.29. The lowest BCUT2D eigenvalue weighted by Gasteiger charge is -2.32. The Morgan fingerprint density at radius 1 is 1.65 bits per heavy atom. The summed E-state index contributed by atoms with van der Waals surface area (Å²) in [6.07, 6.45) is 2.65. The maximum Gasteiger partial charge on any atom is 0.252 e. The number of hydrogen-bond donors (Lipinski definition) is 2. The Morgan fingerprint density at radius 2 is 2.41 bits per heavy atom. The van der Waals surface area contributed by atoms with Gasteiger partial charge in [0.1, 0.15) is 5.15 Å². The van der Waals surface area contributed by atoms with Crippen LogP contribution in [-0.2, 0) is 0 Å². The average Bonchev–Trinajstić information content (AvgIpc) is 2.28. The number of piperidine rings is 1. The van der Waals surface area contributed by atoms with Gasteiger partial charge in [0.25, 0.3) is 5.91 Å². The Kier molecular flexibility index (Phi) is 3.49. The van der Waals surface area contributed by atoms with E-state index < -0.39 is 5.91 Å². The number of aliphatic hydroxyl groups is 1. The van der Waals surface area contributed by atoms with Gasteiger partial charge in [0, 0.05) is 19.3 Å². The van der Waals surface area contributed by atoms with E-state index in [9.17, 15) is 9.90 Å². The number of aliphatic hydroxyl groups excluding tert-OH is 1. The Hall–Kier alpha value is -1.33. The molecule has 1 saturated heterocycles. The van der Waals surface area contributed by atoms with Crippen LogP contribution in [0.1, 0.15) is 23.2 Å². The molecule has 2 rings (SSSR count). The standard InChI is InChI=1S/C11H14ClN3O2/c12-10-4-9(8(5-14-10)11(13)17)15-3-1-2-7(16)6-15/h4-5,7,16H,1-3,6H2,(H2,13,17)/t7-/m0/s1. The van der Waals surface area contributed by atoms with E-state index in [0.29, 0.717) is 22.9 Å². The third-order valence-corrected chi connectivity index (χ3v) is 3.06. The van der Waals surface area contributed by atoms with Crippen molar-refractivity contribution in [1.29, 1.82) is 0 Å². The zero-order valence-electron chi connectivity index (χ0n) is 9.27. The van der Waals surface area contributed by atoms with Crippen molar-refractivity contribution in [3.05, 3.63) is 23.0 Å². The smallest absolute Gasteiger partial charge is 0.252 e. The number of primary amides is 1. The first-order valence-electron chi connectivity index (χ1n) is 5.46. The molecule has 6 heteroatoms. The number of rotatable bonds is 2. The largest absolute Gasteiger partial charge is 0.391 e. The topological polar surface area (TPSA) is 79.5 Å². The van der Waals surface area contributed by atoms with Crippen LogP contribution >= 0.6 is 11.6 Å². The van der Waals surface area contributed by atoms with Crippen LogP contribution in [0.15, 0.2) is 12.3 Å². The van der Waals surface area contributed by atoms with Crippen LogP contribution < -0.4 is 10.6 Å². The number of carbonyl (C=O) groups is 1. The fourth-order valence-corrected chi connectivity index (χ4v) is 2.20. The molecule has 1 aliphatic heterocycles. The maximum absolute atomic E-state index is 11.3. The van der Waals surface area contributed by atoms with Gasteiger partial charge in [-0.05, 0) is 18.9 Å². The summed E-state index contributed by atoms with van der Waals surface area (Å²) in [5.74, 6) is -0.538. The van der Waals surface area contributed by atoms with Gasteiger partial charge in [0.05, 0.1) is 17.4 Å². The Labute approximate surface area is 104 Å². The van der Waals surface area contributed by atoms with Gasteiger partial charge in [0.2, 0.25) is 0 Å². The average molecular weight is 256 g/mol. The molecule has 1 amide bonds. The number of nitrogens with zero attached hydrogens (tertiary/aromatic N) is 2. The van der Waals surface area contributed by atoms with Gasteiger partial charge in [-0.25, -0.2) is 4.98 Å². The van der Waals surface area contributed by atoms with E-state index in [-0.39, 0.29) is 6.10 Å². The fraction of sp³-hybridized carbons (Fsp3) is 0.455. The van der Waals surface area contributed by atoms with Crippen LogP contribution in [0.2, 0.25) is 5.15 Å². The van der Waals surface area contributed by atoms with Crippen molar-refractivity contribution in [2.45, 2.75) is 18.9 Å². The van der Waals surface area contributed by atoms with Gasteiger partial charge in [-0.1, -0.05) is 11.6 Å². The zero-order valence-corrected chi connectivity index (χ0v) is 10.0. The molecule has 0 aromatic carbocycles. The molecule has 0 unspecified atom stereocenters. The van der Waals surface area contributed by atoms with E-state index >= 15 is 0 Å². The van der Waals surface area contributed by atoms with Crippen molar-refractivity contribution in [3.63, 3.8) is 0 Å². The molecule has 1 aliphatic rings. The lowest BCUT2D eigenvalue weighted by molar-refractivity contribution is 0.0999. The van der Waals surface area contributed by atoms with Crippen molar-refractivity contribution in [2.24, 2.45) is 5.73 Å². The number of carbonyl (C=O) groups excluding carboxylic acids is 1. The minimum atomic E-state index is -0.538. The summed E-state index contributed by atoms with van der Waals surface area (Å²) in [4.78, 5) is 17.1. The molecule has 3 N–H and O–H groups in total. The molecule has 1 aromatic heterocycles. The Morgan fingerprint density at radius 3 is 3.06 bits per heavy atom. The van der Waals surface area contributed by atoms with Gasteiger partial charge in [-0.2, -0.15) is 0 Å². The quantitative estimate of drug-likeness (QED) is 0.766. The third kappa shape index (κ3) is 2.68. The number of anilines is 1. The van der Waals surface area contributed by atoms with Crippen LogP contribution in [0, 0.1) is 0 Å². The Bertz CT molecular complexity index is 439. The number of hydrogen-bond acceptors (Lipinski definition) is 4. The molecule has 0 spiro atoms. The highest BCUT2D eigenvalue weighted by atomic mass is 35.5. The minimum absolute atomic E-state index is 0.310. The number of pyridine rings is 1. The molecule has 1 fully saturated rings. The number of β-amino-alcohol motifs (C(OH)–C–C–N with tert-alkyl or cyclic N) is 1. The summed E-state index contributed by atoms with van der Waals surface area (Å²) >= 11 is 5.82. The molecule has 5 nitrogen and oxygen atoms in total. The van der Waals surface area contributed by atoms with Gasteiger partial charge >= 0.3 is 0 Å². The van der Waals surface area contributed by atoms with Crippen LogP contribution in [0.25, 0.3) is 0 Å². The van der Waals surface area contributed by atoms with Crippen LogP contribution in [0.4, 0.5) is 5.69 Å². The number of halogens is 1. The van der Waals surface area contributed by atoms with Crippen LogP contribution in [0.5, 0.6) is 0 Å². The molecule has 2 heterocycles. The summed E-state index contributed by atoms with van der Waals surface area (Å²) in [6.45, 7) is 1.26. The molecule has 1 atom stereocenters. The predicted molar refractivity (Wildman–Crippen MR) is 65.2 cm³/mol. The first kappa shape index (κ1) is 12.1. The van der Waals surface area contributed by atoms with Crippen molar-refractivity contribution >= 4 is 23.2 Å². The lowest BCUT2D eigenvalue weighted by Crippen LogP contribution is -2.39. The summed E-state index contributed by atoms with van der Waals surface area (Å²) < 4.78 is 0. The summed E-state index contributed by atoms with van der Waals surface area (Å²) in [6, 6.07) is 1.61. The molecule has 0 saturated carbocycles. The first-order valence-corrected chi connectivity index (χ1v) is 5.84.